The molecule has 2 fully saturated rings. The summed E-state index contributed by atoms with van der Waals surface area (Å²) in [6.45, 7) is 7.08. The van der Waals surface area contributed by atoms with Crippen LogP contribution in [0.3, 0.4) is 0 Å². The van der Waals surface area contributed by atoms with Gasteiger partial charge in [-0.2, -0.15) is 0 Å². The highest BCUT2D eigenvalue weighted by Crippen LogP contribution is 2.46. The first kappa shape index (κ1) is 13.4. The summed E-state index contributed by atoms with van der Waals surface area (Å²) in [6.07, 6.45) is 10.6. The number of aliphatic hydroxyl groups is 1. The van der Waals surface area contributed by atoms with E-state index in [1.165, 1.54) is 44.9 Å². The maximum absolute atomic E-state index is 10.3. The molecular formula is C16H30O. The van der Waals surface area contributed by atoms with E-state index >= 15 is 0 Å². The lowest BCUT2D eigenvalue weighted by atomic mass is 9.64. The maximum atomic E-state index is 10.3. The van der Waals surface area contributed by atoms with Crippen LogP contribution in [0.25, 0.3) is 0 Å². The second-order valence-electron chi connectivity index (χ2n) is 7.44. The molecule has 3 unspecified atom stereocenters. The normalized spacial score (nSPS) is 36.4. The minimum atomic E-state index is -0.0462. The zero-order chi connectivity index (χ0) is 12.5. The van der Waals surface area contributed by atoms with Gasteiger partial charge in [0.2, 0.25) is 0 Å². The van der Waals surface area contributed by atoms with Crippen molar-refractivity contribution < 1.29 is 5.11 Å². The van der Waals surface area contributed by atoms with Gasteiger partial charge in [-0.25, -0.2) is 0 Å². The smallest absolute Gasteiger partial charge is 0.0576 e. The van der Waals surface area contributed by atoms with Crippen LogP contribution in [0, 0.1) is 23.2 Å². The van der Waals surface area contributed by atoms with Crippen molar-refractivity contribution in [3.8, 4) is 0 Å². The predicted octanol–water partition coefficient (Wildman–Crippen LogP) is 4.39. The van der Waals surface area contributed by atoms with Crippen LogP contribution >= 0.6 is 0 Å². The standard InChI is InChI=1S/C16H30O/c1-12-8-9-14(15(17)10-12)16(2,3)11-13-6-4-5-7-13/h12-15,17H,4-11H2,1-3H3. The monoisotopic (exact) mass is 238 g/mol. The topological polar surface area (TPSA) is 20.2 Å². The molecule has 0 aliphatic heterocycles. The zero-order valence-electron chi connectivity index (χ0n) is 11.9. The van der Waals surface area contributed by atoms with E-state index in [-0.39, 0.29) is 6.10 Å². The van der Waals surface area contributed by atoms with Crippen LogP contribution in [0.5, 0.6) is 0 Å². The van der Waals surface area contributed by atoms with Crippen LogP contribution in [0.2, 0.25) is 0 Å². The van der Waals surface area contributed by atoms with Crippen molar-refractivity contribution in [2.24, 2.45) is 23.2 Å². The van der Waals surface area contributed by atoms with Crippen LogP contribution in [0.1, 0.15) is 72.1 Å². The van der Waals surface area contributed by atoms with Gasteiger partial charge in [0.1, 0.15) is 0 Å². The Labute approximate surface area is 107 Å². The molecule has 0 saturated heterocycles. The van der Waals surface area contributed by atoms with E-state index in [1.54, 1.807) is 0 Å². The summed E-state index contributed by atoms with van der Waals surface area (Å²) >= 11 is 0. The van der Waals surface area contributed by atoms with E-state index in [9.17, 15) is 5.11 Å². The van der Waals surface area contributed by atoms with Gasteiger partial charge < -0.3 is 5.11 Å². The van der Waals surface area contributed by atoms with Gasteiger partial charge in [-0.3, -0.25) is 0 Å². The Balaban J connectivity index is 1.93. The fraction of sp³-hybridized carbons (Fsp3) is 1.00. The Bertz CT molecular complexity index is 240. The largest absolute Gasteiger partial charge is 0.393 e. The molecule has 17 heavy (non-hydrogen) atoms. The van der Waals surface area contributed by atoms with Gasteiger partial charge in [0.05, 0.1) is 6.10 Å². The van der Waals surface area contributed by atoms with Crippen molar-refractivity contribution in [3.63, 3.8) is 0 Å². The van der Waals surface area contributed by atoms with Crippen molar-refractivity contribution in [2.75, 3.05) is 0 Å². The third-order valence-corrected chi connectivity index (χ3v) is 5.37. The first-order valence-electron chi connectivity index (χ1n) is 7.67. The Morgan fingerprint density at radius 3 is 2.29 bits per heavy atom. The molecule has 0 heterocycles. The van der Waals surface area contributed by atoms with E-state index < -0.39 is 0 Å². The summed E-state index contributed by atoms with van der Waals surface area (Å²) in [5.41, 5.74) is 0.342. The summed E-state index contributed by atoms with van der Waals surface area (Å²) in [5, 5.41) is 10.3. The van der Waals surface area contributed by atoms with Crippen molar-refractivity contribution in [1.82, 2.24) is 0 Å². The summed E-state index contributed by atoms with van der Waals surface area (Å²) in [6, 6.07) is 0. The summed E-state index contributed by atoms with van der Waals surface area (Å²) in [4.78, 5) is 0. The van der Waals surface area contributed by atoms with E-state index in [4.69, 9.17) is 0 Å². The lowest BCUT2D eigenvalue weighted by Crippen LogP contribution is -2.39. The van der Waals surface area contributed by atoms with E-state index in [2.05, 4.69) is 20.8 Å². The van der Waals surface area contributed by atoms with Crippen LogP contribution in [0.15, 0.2) is 0 Å². The molecule has 0 aromatic rings. The third-order valence-electron chi connectivity index (χ3n) is 5.37. The number of hydrogen-bond acceptors (Lipinski definition) is 1. The van der Waals surface area contributed by atoms with Crippen molar-refractivity contribution in [3.05, 3.63) is 0 Å². The molecule has 0 amide bonds. The molecule has 2 rings (SSSR count). The van der Waals surface area contributed by atoms with Crippen LogP contribution < -0.4 is 0 Å². The van der Waals surface area contributed by atoms with Gasteiger partial charge in [0.25, 0.3) is 0 Å². The fourth-order valence-corrected chi connectivity index (χ4v) is 4.37. The molecule has 1 nitrogen and oxygen atoms in total. The predicted molar refractivity (Wildman–Crippen MR) is 72.9 cm³/mol. The van der Waals surface area contributed by atoms with Gasteiger partial charge in [-0.1, -0.05) is 52.9 Å². The number of rotatable bonds is 3. The quantitative estimate of drug-likeness (QED) is 0.773. The molecule has 0 radical (unpaired) electrons. The Morgan fingerprint density at radius 1 is 1.06 bits per heavy atom. The fourth-order valence-electron chi connectivity index (χ4n) is 4.37. The highest BCUT2D eigenvalue weighted by Gasteiger charge is 2.39. The minimum Gasteiger partial charge on any atom is -0.393 e. The van der Waals surface area contributed by atoms with Crippen molar-refractivity contribution in [2.45, 2.75) is 78.2 Å². The molecule has 100 valence electrons. The molecule has 1 N–H and O–H groups in total. The highest BCUT2D eigenvalue weighted by molar-refractivity contribution is 4.90. The van der Waals surface area contributed by atoms with Crippen molar-refractivity contribution >= 4 is 0 Å². The van der Waals surface area contributed by atoms with Gasteiger partial charge in [0.15, 0.2) is 0 Å². The summed E-state index contributed by atoms with van der Waals surface area (Å²) in [7, 11) is 0. The molecule has 2 aliphatic carbocycles. The molecule has 2 saturated carbocycles. The maximum Gasteiger partial charge on any atom is 0.0576 e. The second kappa shape index (κ2) is 5.30. The Morgan fingerprint density at radius 2 is 1.71 bits per heavy atom. The minimum absolute atomic E-state index is 0.0462. The summed E-state index contributed by atoms with van der Waals surface area (Å²) in [5.74, 6) is 2.21. The van der Waals surface area contributed by atoms with E-state index in [1.807, 2.05) is 0 Å². The van der Waals surface area contributed by atoms with Gasteiger partial charge >= 0.3 is 0 Å². The molecule has 0 spiro atoms. The van der Waals surface area contributed by atoms with Gasteiger partial charge in [-0.05, 0) is 42.4 Å². The van der Waals surface area contributed by atoms with Crippen LogP contribution in [0.4, 0.5) is 0 Å². The lowest BCUT2D eigenvalue weighted by Gasteiger charge is -2.43. The highest BCUT2D eigenvalue weighted by atomic mass is 16.3. The van der Waals surface area contributed by atoms with Crippen molar-refractivity contribution in [1.29, 1.82) is 0 Å². The van der Waals surface area contributed by atoms with Gasteiger partial charge in [-0.15, -0.1) is 0 Å². The Kier molecular flexibility index (Phi) is 4.18. The average molecular weight is 238 g/mol. The lowest BCUT2D eigenvalue weighted by molar-refractivity contribution is -0.0217. The Hall–Kier alpha value is -0.0400. The first-order valence-corrected chi connectivity index (χ1v) is 7.67. The average Bonchev–Trinajstić information content (AvgIpc) is 2.68. The SMILES string of the molecule is CC1CCC(C(C)(C)CC2CCCC2)C(O)C1. The third kappa shape index (κ3) is 3.24. The van der Waals surface area contributed by atoms with Crippen LogP contribution in [-0.4, -0.2) is 11.2 Å². The number of aliphatic hydroxyl groups excluding tert-OH is 1. The zero-order valence-corrected chi connectivity index (χ0v) is 11.9. The molecule has 2 aliphatic rings. The molecule has 0 aromatic carbocycles. The molecule has 0 bridgehead atoms. The van der Waals surface area contributed by atoms with E-state index in [0.717, 1.165) is 18.3 Å². The summed E-state index contributed by atoms with van der Waals surface area (Å²) < 4.78 is 0. The molecule has 1 heteroatoms. The number of hydrogen-bond donors (Lipinski definition) is 1. The second-order valence-corrected chi connectivity index (χ2v) is 7.44. The molecular weight excluding hydrogens is 208 g/mol. The first-order chi connectivity index (χ1) is 7.99. The van der Waals surface area contributed by atoms with Crippen LogP contribution in [-0.2, 0) is 0 Å². The molecule has 0 aromatic heterocycles. The van der Waals surface area contributed by atoms with E-state index in [0.29, 0.717) is 11.3 Å². The van der Waals surface area contributed by atoms with Gasteiger partial charge in [0, 0.05) is 0 Å². The molecule has 3 atom stereocenters.